The molecule has 220 valence electrons. The van der Waals surface area contributed by atoms with Gasteiger partial charge in [-0.3, -0.25) is 4.79 Å². The lowest BCUT2D eigenvalue weighted by atomic mass is 9.95. The summed E-state index contributed by atoms with van der Waals surface area (Å²) in [6.45, 7) is 0.0650. The predicted molar refractivity (Wildman–Crippen MR) is 147 cm³/mol. The number of aromatic nitrogens is 5. The van der Waals surface area contributed by atoms with Crippen LogP contribution in [0.1, 0.15) is 22.8 Å². The number of amides is 1. The lowest BCUT2D eigenvalue weighted by Gasteiger charge is -2.32. The number of likely N-dealkylation sites (tertiary alicyclic amines) is 1. The first-order valence-electron chi connectivity index (χ1n) is 13.4. The van der Waals surface area contributed by atoms with Crippen LogP contribution in [0.5, 0.6) is 0 Å². The number of carbonyl (C=O) groups excluding carboxylic acids is 1. The van der Waals surface area contributed by atoms with Crippen molar-refractivity contribution in [1.29, 1.82) is 0 Å². The Labute approximate surface area is 237 Å². The van der Waals surface area contributed by atoms with Crippen molar-refractivity contribution in [3.8, 4) is 11.5 Å². The van der Waals surface area contributed by atoms with Gasteiger partial charge in [0.2, 0.25) is 11.7 Å². The number of nitrogens with one attached hydrogen (secondary N) is 2. The van der Waals surface area contributed by atoms with Crippen molar-refractivity contribution in [3.63, 3.8) is 0 Å². The summed E-state index contributed by atoms with van der Waals surface area (Å²) in [5.41, 5.74) is 1.79. The van der Waals surface area contributed by atoms with Crippen LogP contribution in [0.25, 0.3) is 28.1 Å². The van der Waals surface area contributed by atoms with Gasteiger partial charge in [-0.05, 0) is 50.3 Å². The Morgan fingerprint density at radius 3 is 2.81 bits per heavy atom. The molecule has 10 nitrogen and oxygen atoms in total. The first kappa shape index (κ1) is 27.7. The molecule has 0 aliphatic carbocycles. The van der Waals surface area contributed by atoms with Gasteiger partial charge in [0.1, 0.15) is 24.1 Å². The van der Waals surface area contributed by atoms with Crippen LogP contribution in [0.15, 0.2) is 59.4 Å². The molecule has 1 fully saturated rings. The second kappa shape index (κ2) is 11.1. The molecule has 4 aromatic heterocycles. The van der Waals surface area contributed by atoms with E-state index in [2.05, 4.69) is 25.8 Å². The third-order valence-electron chi connectivity index (χ3n) is 7.41. The number of hydrogen-bond donors (Lipinski definition) is 2. The highest BCUT2D eigenvalue weighted by molar-refractivity contribution is 5.96. The molecular formula is C28H28F4N8O2. The van der Waals surface area contributed by atoms with Gasteiger partial charge < -0.3 is 29.0 Å². The standard InChI is InChI=1S/C28H28F4N8O2/c1-38-10-8-17(19(29)14-38)12-33-20-5-4-6-22-18(20)11-23(40(22)16-28(30,31)32)26-36-25(42-37-26)13-34-27(41)21-15-39-9-3-2-7-24(39)35-21/h2-7,9,11,15,17,19,33H,8,10,12-14,16H2,1H3,(H,34,41)/t17-,19-/m0/s1. The second-order valence-corrected chi connectivity index (χ2v) is 10.5. The fourth-order valence-corrected chi connectivity index (χ4v) is 5.27. The lowest BCUT2D eigenvalue weighted by Crippen LogP contribution is -2.41. The molecule has 1 saturated heterocycles. The number of anilines is 1. The molecule has 5 heterocycles. The van der Waals surface area contributed by atoms with Gasteiger partial charge in [-0.1, -0.05) is 17.3 Å². The smallest absolute Gasteiger partial charge is 0.384 e. The van der Waals surface area contributed by atoms with Crippen molar-refractivity contribution in [2.24, 2.45) is 5.92 Å². The van der Waals surface area contributed by atoms with Gasteiger partial charge in [0, 0.05) is 42.5 Å². The van der Waals surface area contributed by atoms with Crippen LogP contribution >= 0.6 is 0 Å². The maximum Gasteiger partial charge on any atom is 0.406 e. The molecule has 5 aromatic rings. The summed E-state index contributed by atoms with van der Waals surface area (Å²) >= 11 is 0. The number of hydrogen-bond acceptors (Lipinski definition) is 7. The third kappa shape index (κ3) is 5.79. The zero-order chi connectivity index (χ0) is 29.4. The summed E-state index contributed by atoms with van der Waals surface area (Å²) in [6, 6.07) is 11.9. The Bertz CT molecular complexity index is 1690. The minimum Gasteiger partial charge on any atom is -0.384 e. The SMILES string of the molecule is CN1CC[C@@H](CNc2cccc3c2cc(-c2noc(CNC(=O)c4cn5ccccc5n4)n2)n3CC(F)(F)F)[C@@H](F)C1. The van der Waals surface area contributed by atoms with Crippen LogP contribution in [-0.2, 0) is 13.1 Å². The highest BCUT2D eigenvalue weighted by atomic mass is 19.4. The highest BCUT2D eigenvalue weighted by Crippen LogP contribution is 2.34. The van der Waals surface area contributed by atoms with E-state index in [0.717, 1.165) is 11.1 Å². The molecule has 6 rings (SSSR count). The summed E-state index contributed by atoms with van der Waals surface area (Å²) in [7, 11) is 1.88. The van der Waals surface area contributed by atoms with Gasteiger partial charge in [-0.15, -0.1) is 0 Å². The molecule has 42 heavy (non-hydrogen) atoms. The largest absolute Gasteiger partial charge is 0.406 e. The number of piperidine rings is 1. The van der Waals surface area contributed by atoms with E-state index in [0.29, 0.717) is 41.7 Å². The van der Waals surface area contributed by atoms with Gasteiger partial charge in [0.25, 0.3) is 5.91 Å². The van der Waals surface area contributed by atoms with Crippen molar-refractivity contribution in [2.45, 2.75) is 31.9 Å². The number of halogens is 4. The average Bonchev–Trinajstić information content (AvgIpc) is 3.68. The van der Waals surface area contributed by atoms with Crippen LogP contribution in [0.2, 0.25) is 0 Å². The fourth-order valence-electron chi connectivity index (χ4n) is 5.27. The summed E-state index contributed by atoms with van der Waals surface area (Å²) in [4.78, 5) is 23.1. The Balaban J connectivity index is 1.23. The monoisotopic (exact) mass is 584 g/mol. The van der Waals surface area contributed by atoms with Gasteiger partial charge in [0.15, 0.2) is 0 Å². The van der Waals surface area contributed by atoms with E-state index in [4.69, 9.17) is 4.52 Å². The average molecular weight is 585 g/mol. The van der Waals surface area contributed by atoms with Crippen LogP contribution < -0.4 is 10.6 Å². The first-order chi connectivity index (χ1) is 20.1. The molecule has 1 aliphatic rings. The van der Waals surface area contributed by atoms with E-state index in [9.17, 15) is 22.4 Å². The van der Waals surface area contributed by atoms with E-state index in [-0.39, 0.29) is 35.6 Å². The van der Waals surface area contributed by atoms with Gasteiger partial charge >= 0.3 is 6.18 Å². The second-order valence-electron chi connectivity index (χ2n) is 10.5. The van der Waals surface area contributed by atoms with Crippen molar-refractivity contribution in [3.05, 3.63) is 66.4 Å². The number of benzene rings is 1. The molecule has 0 bridgehead atoms. The molecular weight excluding hydrogens is 556 g/mol. The molecule has 1 amide bonds. The fraction of sp³-hybridized carbons (Fsp3) is 0.357. The predicted octanol–water partition coefficient (Wildman–Crippen LogP) is 4.53. The van der Waals surface area contributed by atoms with Gasteiger partial charge in [0.05, 0.1) is 17.8 Å². The van der Waals surface area contributed by atoms with Crippen LogP contribution in [0, 0.1) is 5.92 Å². The number of carbonyl (C=O) groups is 1. The minimum atomic E-state index is -4.52. The Morgan fingerprint density at radius 1 is 1.17 bits per heavy atom. The zero-order valence-corrected chi connectivity index (χ0v) is 22.6. The van der Waals surface area contributed by atoms with E-state index >= 15 is 0 Å². The Morgan fingerprint density at radius 2 is 2.02 bits per heavy atom. The number of nitrogens with zero attached hydrogens (tertiary/aromatic N) is 6. The molecule has 1 aromatic carbocycles. The minimum absolute atomic E-state index is 0.0144. The van der Waals surface area contributed by atoms with Crippen molar-refractivity contribution >= 4 is 28.1 Å². The third-order valence-corrected chi connectivity index (χ3v) is 7.41. The normalized spacial score (nSPS) is 18.1. The summed E-state index contributed by atoms with van der Waals surface area (Å²) in [5.74, 6) is -0.720. The molecule has 0 radical (unpaired) electrons. The van der Waals surface area contributed by atoms with Crippen LogP contribution in [0.4, 0.5) is 23.2 Å². The Hall–Kier alpha value is -4.46. The van der Waals surface area contributed by atoms with Gasteiger partial charge in [-0.25, -0.2) is 9.37 Å². The molecule has 0 saturated carbocycles. The first-order valence-corrected chi connectivity index (χ1v) is 13.4. The summed E-state index contributed by atoms with van der Waals surface area (Å²) in [5, 5.41) is 10.3. The van der Waals surface area contributed by atoms with Gasteiger partial charge in [-0.2, -0.15) is 18.2 Å². The maximum atomic E-state index is 14.6. The molecule has 1 aliphatic heterocycles. The topological polar surface area (TPSA) is 106 Å². The van der Waals surface area contributed by atoms with Crippen LogP contribution in [0.3, 0.4) is 0 Å². The number of alkyl halides is 4. The van der Waals surface area contributed by atoms with Crippen LogP contribution in [-0.4, -0.2) is 73.9 Å². The molecule has 2 atom stereocenters. The molecule has 0 spiro atoms. The Kier molecular flexibility index (Phi) is 7.31. The molecule has 2 N–H and O–H groups in total. The summed E-state index contributed by atoms with van der Waals surface area (Å²) in [6.07, 6.45) is -1.50. The number of imidazole rings is 1. The van der Waals surface area contributed by atoms with Crippen molar-refractivity contribution in [1.82, 2.24) is 34.3 Å². The zero-order valence-electron chi connectivity index (χ0n) is 22.6. The molecule has 0 unspecified atom stereocenters. The van der Waals surface area contributed by atoms with E-state index in [1.165, 1.54) is 0 Å². The number of fused-ring (bicyclic) bond motifs is 2. The van der Waals surface area contributed by atoms with Crippen molar-refractivity contribution < 1.29 is 26.9 Å². The van der Waals surface area contributed by atoms with E-state index in [1.54, 1.807) is 53.2 Å². The van der Waals surface area contributed by atoms with E-state index in [1.807, 2.05) is 18.0 Å². The maximum absolute atomic E-state index is 14.6. The highest BCUT2D eigenvalue weighted by Gasteiger charge is 2.32. The number of pyridine rings is 1. The van der Waals surface area contributed by atoms with E-state index < -0.39 is 24.8 Å². The summed E-state index contributed by atoms with van der Waals surface area (Å²) < 4.78 is 63.6. The lowest BCUT2D eigenvalue weighted by molar-refractivity contribution is -0.139. The number of rotatable bonds is 8. The quantitative estimate of drug-likeness (QED) is 0.258. The molecule has 14 heteroatoms. The van der Waals surface area contributed by atoms with Crippen molar-refractivity contribution in [2.75, 3.05) is 32.0 Å².